The predicted molar refractivity (Wildman–Crippen MR) is 131 cm³/mol. The van der Waals surface area contributed by atoms with E-state index in [1.165, 1.54) is 16.8 Å². The van der Waals surface area contributed by atoms with Crippen LogP contribution in [-0.2, 0) is 24.1 Å². The fraction of sp³-hybridized carbons (Fsp3) is 0.520. The molecule has 0 radical (unpaired) electrons. The summed E-state index contributed by atoms with van der Waals surface area (Å²) in [6, 6.07) is 4.16. The van der Waals surface area contributed by atoms with Crippen molar-refractivity contribution < 1.29 is 9.53 Å². The van der Waals surface area contributed by atoms with Crippen molar-refractivity contribution in [3.05, 3.63) is 41.3 Å². The van der Waals surface area contributed by atoms with Crippen molar-refractivity contribution in [2.24, 2.45) is 0 Å². The van der Waals surface area contributed by atoms with Crippen molar-refractivity contribution >= 4 is 28.4 Å². The molecule has 1 saturated heterocycles. The summed E-state index contributed by atoms with van der Waals surface area (Å²) in [5, 5.41) is 8.56. The summed E-state index contributed by atoms with van der Waals surface area (Å²) in [5.74, 6) is 0.870. The lowest BCUT2D eigenvalue weighted by molar-refractivity contribution is -0.00537. The highest BCUT2D eigenvalue weighted by atomic mass is 16.5. The number of nitrogens with zero attached hydrogens (tertiary/aromatic N) is 6. The number of rotatable bonds is 5. The van der Waals surface area contributed by atoms with E-state index < -0.39 is 0 Å². The minimum atomic E-state index is -0.0221. The van der Waals surface area contributed by atoms with Gasteiger partial charge in [-0.15, -0.1) is 0 Å². The maximum atomic E-state index is 12.9. The van der Waals surface area contributed by atoms with Crippen LogP contribution >= 0.6 is 0 Å². The van der Waals surface area contributed by atoms with E-state index in [1.807, 2.05) is 10.9 Å². The number of amides is 1. The van der Waals surface area contributed by atoms with Crippen LogP contribution in [0.5, 0.6) is 0 Å². The molecular formula is C25H31N7O2. The summed E-state index contributed by atoms with van der Waals surface area (Å²) >= 11 is 0. The van der Waals surface area contributed by atoms with Crippen LogP contribution in [0, 0.1) is 0 Å². The van der Waals surface area contributed by atoms with E-state index >= 15 is 0 Å². The molecule has 1 amide bonds. The molecule has 178 valence electrons. The number of ether oxygens (including phenoxy) is 1. The van der Waals surface area contributed by atoms with Crippen molar-refractivity contribution in [2.75, 3.05) is 42.5 Å². The molecule has 2 aromatic heterocycles. The number of carbonyl (C=O) groups excluding carboxylic acids is 1. The van der Waals surface area contributed by atoms with Crippen molar-refractivity contribution in [3.63, 3.8) is 0 Å². The van der Waals surface area contributed by atoms with Gasteiger partial charge in [-0.1, -0.05) is 0 Å². The number of carbonyl (C=O) groups is 1. The van der Waals surface area contributed by atoms with Crippen molar-refractivity contribution in [1.82, 2.24) is 25.1 Å². The van der Waals surface area contributed by atoms with Crippen LogP contribution in [0.1, 0.15) is 41.8 Å². The molecule has 0 aliphatic carbocycles. The summed E-state index contributed by atoms with van der Waals surface area (Å²) in [7, 11) is 0. The third-order valence-electron chi connectivity index (χ3n) is 7.11. The Bertz CT molecular complexity index is 1230. The number of fused-ring (bicyclic) bond motifs is 1. The van der Waals surface area contributed by atoms with Gasteiger partial charge in [0, 0.05) is 44.0 Å². The van der Waals surface area contributed by atoms with Gasteiger partial charge in [-0.2, -0.15) is 5.10 Å². The van der Waals surface area contributed by atoms with Gasteiger partial charge in [0.2, 0.25) is 0 Å². The van der Waals surface area contributed by atoms with E-state index in [2.05, 4.69) is 56.2 Å². The summed E-state index contributed by atoms with van der Waals surface area (Å²) in [6.07, 6.45) is 6.97. The molecule has 1 fully saturated rings. The van der Waals surface area contributed by atoms with Crippen molar-refractivity contribution in [3.8, 4) is 0 Å². The molecule has 3 aliphatic heterocycles. The Labute approximate surface area is 199 Å². The Morgan fingerprint density at radius 3 is 2.71 bits per heavy atom. The Balaban J connectivity index is 1.15. The van der Waals surface area contributed by atoms with Crippen LogP contribution < -0.4 is 15.1 Å². The number of hydrogen-bond donors (Lipinski definition) is 1. The average Bonchev–Trinajstić information content (AvgIpc) is 3.44. The Morgan fingerprint density at radius 2 is 1.88 bits per heavy atom. The number of hydrogen-bond acceptors (Lipinski definition) is 7. The van der Waals surface area contributed by atoms with Gasteiger partial charge in [0.15, 0.2) is 5.65 Å². The Morgan fingerprint density at radius 1 is 1.09 bits per heavy atom. The fourth-order valence-electron chi connectivity index (χ4n) is 5.75. The third kappa shape index (κ3) is 3.77. The summed E-state index contributed by atoms with van der Waals surface area (Å²) in [5.41, 5.74) is 5.57. The van der Waals surface area contributed by atoms with E-state index in [0.29, 0.717) is 13.1 Å². The second-order valence-corrected chi connectivity index (χ2v) is 9.70. The summed E-state index contributed by atoms with van der Waals surface area (Å²) in [4.78, 5) is 26.7. The third-order valence-corrected chi connectivity index (χ3v) is 7.11. The van der Waals surface area contributed by atoms with Gasteiger partial charge < -0.3 is 19.9 Å². The Kier molecular flexibility index (Phi) is 5.36. The molecule has 34 heavy (non-hydrogen) atoms. The van der Waals surface area contributed by atoms with Crippen LogP contribution in [0.2, 0.25) is 0 Å². The van der Waals surface area contributed by atoms with Crippen LogP contribution in [0.15, 0.2) is 24.7 Å². The smallest absolute Gasteiger partial charge is 0.251 e. The molecule has 1 aromatic carbocycles. The zero-order valence-electron chi connectivity index (χ0n) is 19.8. The van der Waals surface area contributed by atoms with Gasteiger partial charge in [-0.3, -0.25) is 4.79 Å². The lowest BCUT2D eigenvalue weighted by atomic mass is 9.96. The lowest BCUT2D eigenvalue weighted by Gasteiger charge is -2.36. The zero-order chi connectivity index (χ0) is 23.2. The first kappa shape index (κ1) is 21.3. The number of aromatic nitrogens is 4. The maximum Gasteiger partial charge on any atom is 0.251 e. The summed E-state index contributed by atoms with van der Waals surface area (Å²) < 4.78 is 7.71. The van der Waals surface area contributed by atoms with Gasteiger partial charge in [-0.05, 0) is 56.4 Å². The summed E-state index contributed by atoms with van der Waals surface area (Å²) in [6.45, 7) is 8.99. The molecule has 3 aromatic rings. The highest BCUT2D eigenvalue weighted by molar-refractivity contribution is 5.95. The number of nitrogens with one attached hydrogen (secondary N) is 1. The molecule has 2 unspecified atom stereocenters. The van der Waals surface area contributed by atoms with Crippen LogP contribution in [0.25, 0.3) is 11.0 Å². The first-order chi connectivity index (χ1) is 16.6. The second-order valence-electron chi connectivity index (χ2n) is 9.70. The molecule has 0 spiro atoms. The van der Waals surface area contributed by atoms with Crippen LogP contribution in [0.3, 0.4) is 0 Å². The van der Waals surface area contributed by atoms with E-state index in [4.69, 9.17) is 4.74 Å². The van der Waals surface area contributed by atoms with Gasteiger partial charge in [0.25, 0.3) is 5.91 Å². The van der Waals surface area contributed by atoms with E-state index in [1.54, 1.807) is 6.33 Å². The minimum Gasteiger partial charge on any atom is -0.372 e. The quantitative estimate of drug-likeness (QED) is 0.623. The fourth-order valence-corrected chi connectivity index (χ4v) is 5.75. The number of anilines is 2. The molecule has 6 rings (SSSR count). The first-order valence-electron chi connectivity index (χ1n) is 12.3. The molecular weight excluding hydrogens is 430 g/mol. The monoisotopic (exact) mass is 461 g/mol. The van der Waals surface area contributed by atoms with E-state index in [-0.39, 0.29) is 18.1 Å². The van der Waals surface area contributed by atoms with Gasteiger partial charge >= 0.3 is 0 Å². The average molecular weight is 462 g/mol. The van der Waals surface area contributed by atoms with Crippen molar-refractivity contribution in [2.45, 2.75) is 51.9 Å². The highest BCUT2D eigenvalue weighted by Gasteiger charge is 2.27. The molecule has 1 N–H and O–H groups in total. The van der Waals surface area contributed by atoms with E-state index in [0.717, 1.165) is 67.9 Å². The lowest BCUT2D eigenvalue weighted by Crippen LogP contribution is -2.45. The molecule has 3 aliphatic rings. The molecule has 2 atom stereocenters. The number of aryl methyl sites for hydroxylation is 1. The van der Waals surface area contributed by atoms with Gasteiger partial charge in [0.05, 0.1) is 30.3 Å². The highest BCUT2D eigenvalue weighted by Crippen LogP contribution is 2.36. The second kappa shape index (κ2) is 8.54. The van der Waals surface area contributed by atoms with Gasteiger partial charge in [0.1, 0.15) is 12.1 Å². The number of morpholine rings is 1. The number of benzene rings is 1. The zero-order valence-corrected chi connectivity index (χ0v) is 19.8. The molecule has 0 bridgehead atoms. The maximum absolute atomic E-state index is 12.9. The SMILES string of the molecule is CC1CN(c2ncnc3c2cnn3CCNC(=O)c2cc3c4c(c2)CCN4CCC3)CC(C)O1. The molecule has 9 heteroatoms. The predicted octanol–water partition coefficient (Wildman–Crippen LogP) is 2.18. The van der Waals surface area contributed by atoms with Crippen molar-refractivity contribution in [1.29, 1.82) is 0 Å². The van der Waals surface area contributed by atoms with Gasteiger partial charge in [-0.25, -0.2) is 14.6 Å². The first-order valence-corrected chi connectivity index (χ1v) is 12.3. The largest absolute Gasteiger partial charge is 0.372 e. The standard InChI is InChI=1S/C25H31N7O2/c1-16-13-31(14-17(2)34-16)23-21-12-29-32(24(21)28-15-27-23)9-6-26-25(33)20-10-18-4-3-7-30-8-5-19(11-20)22(18)30/h10-12,15-17H,3-9,13-14H2,1-2H3,(H,26,33). The molecule has 9 nitrogen and oxygen atoms in total. The normalized spacial score (nSPS) is 21.7. The Hall–Kier alpha value is -3.20. The molecule has 0 saturated carbocycles. The van der Waals surface area contributed by atoms with E-state index in [9.17, 15) is 4.79 Å². The minimum absolute atomic E-state index is 0.0221. The van der Waals surface area contributed by atoms with Crippen LogP contribution in [-0.4, -0.2) is 70.6 Å². The topological polar surface area (TPSA) is 88.4 Å². The van der Waals surface area contributed by atoms with Crippen LogP contribution in [0.4, 0.5) is 11.5 Å². The molecule has 5 heterocycles.